The summed E-state index contributed by atoms with van der Waals surface area (Å²) < 4.78 is 5.23. The largest absolute Gasteiger partial charge is 0.397 e. The zero-order valence-electron chi connectivity index (χ0n) is 9.58. The van der Waals surface area contributed by atoms with Crippen LogP contribution in [0.15, 0.2) is 18.2 Å². The number of anilines is 2. The van der Waals surface area contributed by atoms with Gasteiger partial charge in [0.25, 0.3) is 0 Å². The molecule has 4 nitrogen and oxygen atoms in total. The molecule has 0 unspecified atom stereocenters. The Morgan fingerprint density at radius 2 is 2.12 bits per heavy atom. The number of benzene rings is 1. The maximum absolute atomic E-state index is 10.3. The summed E-state index contributed by atoms with van der Waals surface area (Å²) >= 11 is 6.04. The van der Waals surface area contributed by atoms with E-state index < -0.39 is 5.60 Å². The number of rotatable bonds is 3. The first-order chi connectivity index (χ1) is 8.11. The van der Waals surface area contributed by atoms with E-state index in [1.165, 1.54) is 0 Å². The van der Waals surface area contributed by atoms with Gasteiger partial charge in [-0.1, -0.05) is 17.7 Å². The number of para-hydroxylation sites is 1. The third-order valence-corrected chi connectivity index (χ3v) is 3.38. The lowest BCUT2D eigenvalue weighted by molar-refractivity contribution is -0.0543. The van der Waals surface area contributed by atoms with E-state index in [-0.39, 0.29) is 0 Å². The molecule has 5 heteroatoms. The molecule has 0 spiro atoms. The Hall–Kier alpha value is -0.970. The van der Waals surface area contributed by atoms with Gasteiger partial charge in [-0.3, -0.25) is 0 Å². The highest BCUT2D eigenvalue weighted by Crippen LogP contribution is 2.29. The number of hydrogen-bond donors (Lipinski definition) is 3. The SMILES string of the molecule is Nc1cccc(Cl)c1NCC1(O)CCOCC1. The zero-order chi connectivity index (χ0) is 12.3. The number of nitrogens with one attached hydrogen (secondary N) is 1. The summed E-state index contributed by atoms with van der Waals surface area (Å²) in [5.41, 5.74) is 6.37. The molecular formula is C12H17ClN2O2. The van der Waals surface area contributed by atoms with Crippen LogP contribution in [-0.2, 0) is 4.74 Å². The molecule has 0 aliphatic carbocycles. The maximum atomic E-state index is 10.3. The van der Waals surface area contributed by atoms with Gasteiger partial charge in [-0.2, -0.15) is 0 Å². The summed E-state index contributed by atoms with van der Waals surface area (Å²) in [5.74, 6) is 0. The minimum absolute atomic E-state index is 0.435. The first-order valence-electron chi connectivity index (χ1n) is 5.69. The fourth-order valence-electron chi connectivity index (χ4n) is 1.91. The number of hydrogen-bond acceptors (Lipinski definition) is 4. The van der Waals surface area contributed by atoms with Crippen molar-refractivity contribution in [1.29, 1.82) is 0 Å². The van der Waals surface area contributed by atoms with Gasteiger partial charge in [-0.15, -0.1) is 0 Å². The van der Waals surface area contributed by atoms with Crippen LogP contribution in [0.1, 0.15) is 12.8 Å². The monoisotopic (exact) mass is 256 g/mol. The molecule has 17 heavy (non-hydrogen) atoms. The molecule has 0 saturated carbocycles. The lowest BCUT2D eigenvalue weighted by Gasteiger charge is -2.32. The highest BCUT2D eigenvalue weighted by atomic mass is 35.5. The van der Waals surface area contributed by atoms with Crippen LogP contribution >= 0.6 is 11.6 Å². The lowest BCUT2D eigenvalue weighted by atomic mass is 9.94. The third-order valence-electron chi connectivity index (χ3n) is 3.06. The first-order valence-corrected chi connectivity index (χ1v) is 6.06. The van der Waals surface area contributed by atoms with Crippen molar-refractivity contribution in [2.75, 3.05) is 30.8 Å². The number of ether oxygens (including phenoxy) is 1. The first kappa shape index (κ1) is 12.5. The Kier molecular flexibility index (Phi) is 3.76. The molecule has 4 N–H and O–H groups in total. The van der Waals surface area contributed by atoms with Gasteiger partial charge >= 0.3 is 0 Å². The van der Waals surface area contributed by atoms with Crippen molar-refractivity contribution in [3.8, 4) is 0 Å². The smallest absolute Gasteiger partial charge is 0.0863 e. The van der Waals surface area contributed by atoms with E-state index in [9.17, 15) is 5.11 Å². The second-order valence-corrected chi connectivity index (χ2v) is 4.80. The molecule has 0 aromatic heterocycles. The van der Waals surface area contributed by atoms with E-state index >= 15 is 0 Å². The van der Waals surface area contributed by atoms with Crippen LogP contribution in [0.3, 0.4) is 0 Å². The van der Waals surface area contributed by atoms with Gasteiger partial charge < -0.3 is 20.9 Å². The van der Waals surface area contributed by atoms with Crippen LogP contribution in [-0.4, -0.2) is 30.5 Å². The lowest BCUT2D eigenvalue weighted by Crippen LogP contribution is -2.42. The molecular weight excluding hydrogens is 240 g/mol. The summed E-state index contributed by atoms with van der Waals surface area (Å²) in [6.45, 7) is 1.62. The number of aliphatic hydroxyl groups is 1. The van der Waals surface area contributed by atoms with Crippen LogP contribution < -0.4 is 11.1 Å². The Bertz CT molecular complexity index is 372. The van der Waals surface area contributed by atoms with Crippen LogP contribution in [0.5, 0.6) is 0 Å². The van der Waals surface area contributed by atoms with Gasteiger partial charge in [0.15, 0.2) is 0 Å². The van der Waals surface area contributed by atoms with E-state index in [4.69, 9.17) is 22.1 Å². The van der Waals surface area contributed by atoms with Crippen molar-refractivity contribution < 1.29 is 9.84 Å². The normalized spacial score (nSPS) is 18.9. The quantitative estimate of drug-likeness (QED) is 0.723. The molecule has 94 valence electrons. The number of nitrogen functional groups attached to an aromatic ring is 1. The molecule has 1 aromatic rings. The van der Waals surface area contributed by atoms with E-state index in [0.29, 0.717) is 49.0 Å². The molecule has 1 heterocycles. The van der Waals surface area contributed by atoms with Crippen LogP contribution in [0.2, 0.25) is 5.02 Å². The van der Waals surface area contributed by atoms with E-state index in [1.807, 2.05) is 0 Å². The van der Waals surface area contributed by atoms with Crippen LogP contribution in [0.25, 0.3) is 0 Å². The summed E-state index contributed by atoms with van der Waals surface area (Å²) in [6.07, 6.45) is 1.26. The summed E-state index contributed by atoms with van der Waals surface area (Å²) in [4.78, 5) is 0. The second-order valence-electron chi connectivity index (χ2n) is 4.39. The van der Waals surface area contributed by atoms with Crippen molar-refractivity contribution in [3.63, 3.8) is 0 Å². The van der Waals surface area contributed by atoms with Crippen molar-refractivity contribution in [1.82, 2.24) is 0 Å². The fraction of sp³-hybridized carbons (Fsp3) is 0.500. The third kappa shape index (κ3) is 3.03. The van der Waals surface area contributed by atoms with Crippen molar-refractivity contribution in [3.05, 3.63) is 23.2 Å². The topological polar surface area (TPSA) is 67.5 Å². The van der Waals surface area contributed by atoms with E-state index in [1.54, 1.807) is 18.2 Å². The Morgan fingerprint density at radius 3 is 2.76 bits per heavy atom. The fourth-order valence-corrected chi connectivity index (χ4v) is 2.16. The molecule has 1 fully saturated rings. The van der Waals surface area contributed by atoms with Gasteiger partial charge in [-0.25, -0.2) is 0 Å². The molecule has 0 bridgehead atoms. The zero-order valence-corrected chi connectivity index (χ0v) is 10.3. The Labute approximate surface area is 106 Å². The van der Waals surface area contributed by atoms with Crippen LogP contribution in [0, 0.1) is 0 Å². The molecule has 2 rings (SSSR count). The van der Waals surface area contributed by atoms with E-state index in [0.717, 1.165) is 0 Å². The molecule has 0 amide bonds. The second kappa shape index (κ2) is 5.12. The Morgan fingerprint density at radius 1 is 1.41 bits per heavy atom. The average Bonchev–Trinajstić information content (AvgIpc) is 2.29. The minimum Gasteiger partial charge on any atom is -0.397 e. The minimum atomic E-state index is -0.732. The summed E-state index contributed by atoms with van der Waals surface area (Å²) in [5, 5.41) is 14.0. The standard InChI is InChI=1S/C12H17ClN2O2/c13-9-2-1-3-10(14)11(9)15-8-12(16)4-6-17-7-5-12/h1-3,15-16H,4-8,14H2. The Balaban J connectivity index is 2.02. The van der Waals surface area contributed by atoms with Gasteiger partial charge in [0.05, 0.1) is 22.0 Å². The average molecular weight is 257 g/mol. The predicted octanol–water partition coefficient (Wildman–Crippen LogP) is 1.88. The predicted molar refractivity (Wildman–Crippen MR) is 69.4 cm³/mol. The van der Waals surface area contributed by atoms with Crippen molar-refractivity contribution in [2.24, 2.45) is 0 Å². The molecule has 0 atom stereocenters. The maximum Gasteiger partial charge on any atom is 0.0863 e. The molecule has 1 aliphatic rings. The van der Waals surface area contributed by atoms with Crippen molar-refractivity contribution >= 4 is 23.0 Å². The summed E-state index contributed by atoms with van der Waals surface area (Å²) in [7, 11) is 0. The molecule has 1 saturated heterocycles. The van der Waals surface area contributed by atoms with Gasteiger partial charge in [0.1, 0.15) is 0 Å². The molecule has 1 aliphatic heterocycles. The molecule has 0 radical (unpaired) electrons. The van der Waals surface area contributed by atoms with Crippen LogP contribution in [0.4, 0.5) is 11.4 Å². The van der Waals surface area contributed by atoms with Gasteiger partial charge in [0, 0.05) is 32.6 Å². The van der Waals surface area contributed by atoms with Gasteiger partial charge in [0.2, 0.25) is 0 Å². The van der Waals surface area contributed by atoms with E-state index in [2.05, 4.69) is 5.32 Å². The number of nitrogens with two attached hydrogens (primary N) is 1. The number of halogens is 1. The molecule has 1 aromatic carbocycles. The van der Waals surface area contributed by atoms with Gasteiger partial charge in [-0.05, 0) is 12.1 Å². The van der Waals surface area contributed by atoms with Crippen molar-refractivity contribution in [2.45, 2.75) is 18.4 Å². The summed E-state index contributed by atoms with van der Waals surface area (Å²) in [6, 6.07) is 5.35. The highest BCUT2D eigenvalue weighted by molar-refractivity contribution is 6.33. The highest BCUT2D eigenvalue weighted by Gasteiger charge is 2.29.